The van der Waals surface area contributed by atoms with Crippen molar-refractivity contribution in [1.82, 2.24) is 19.4 Å². The van der Waals surface area contributed by atoms with Crippen LogP contribution in [-0.2, 0) is 32.2 Å². The van der Waals surface area contributed by atoms with Gasteiger partial charge < -0.3 is 14.8 Å². The van der Waals surface area contributed by atoms with E-state index in [-0.39, 0.29) is 36.4 Å². The van der Waals surface area contributed by atoms with E-state index in [0.29, 0.717) is 31.1 Å². The summed E-state index contributed by atoms with van der Waals surface area (Å²) in [6.07, 6.45) is 7.39. The molecule has 2 fully saturated rings. The van der Waals surface area contributed by atoms with E-state index in [9.17, 15) is 19.2 Å². The van der Waals surface area contributed by atoms with Gasteiger partial charge in [0.1, 0.15) is 17.4 Å². The molecule has 0 aliphatic carbocycles. The Labute approximate surface area is 277 Å². The van der Waals surface area contributed by atoms with E-state index in [1.54, 1.807) is 11.7 Å². The van der Waals surface area contributed by atoms with Crippen molar-refractivity contribution >= 4 is 28.8 Å². The molecule has 1 aromatic heterocycles. The van der Waals surface area contributed by atoms with Gasteiger partial charge in [-0.05, 0) is 107 Å². The lowest BCUT2D eigenvalue weighted by atomic mass is 9.90. The van der Waals surface area contributed by atoms with Crippen LogP contribution in [0.3, 0.4) is 0 Å². The summed E-state index contributed by atoms with van der Waals surface area (Å²) in [5.74, 6) is 0.394. The summed E-state index contributed by atoms with van der Waals surface area (Å²) < 4.78 is 14.1. The monoisotopic (exact) mass is 646 g/mol. The Kier molecular flexibility index (Phi) is 11.2. The number of aromatic nitrogens is 2. The van der Waals surface area contributed by atoms with E-state index in [4.69, 9.17) is 9.47 Å². The topological polar surface area (TPSA) is 112 Å². The number of unbranched alkanes of at least 4 members (excludes halogenated alkanes) is 4. The summed E-state index contributed by atoms with van der Waals surface area (Å²) >= 11 is 0. The second-order valence-corrected chi connectivity index (χ2v) is 13.9. The quantitative estimate of drug-likeness (QED) is 0.141. The van der Waals surface area contributed by atoms with Gasteiger partial charge in [-0.15, -0.1) is 0 Å². The minimum Gasteiger partial charge on any atom is -0.497 e. The van der Waals surface area contributed by atoms with E-state index in [2.05, 4.69) is 17.4 Å². The number of fused-ring (bicyclic) bond motifs is 1. The molecule has 1 unspecified atom stereocenters. The lowest BCUT2D eigenvalue weighted by Crippen LogP contribution is -2.47. The van der Waals surface area contributed by atoms with Crippen LogP contribution in [0.5, 0.6) is 5.75 Å². The fourth-order valence-corrected chi connectivity index (χ4v) is 6.83. The molecule has 2 amide bonds. The van der Waals surface area contributed by atoms with Crippen LogP contribution >= 0.6 is 0 Å². The van der Waals surface area contributed by atoms with Gasteiger partial charge in [0.05, 0.1) is 24.7 Å². The molecular formula is C37H50N4O6. The Morgan fingerprint density at radius 3 is 2.30 bits per heavy atom. The second kappa shape index (κ2) is 15.3. The third-order valence-corrected chi connectivity index (χ3v) is 9.28. The number of carbonyl (C=O) groups is 3. The second-order valence-electron chi connectivity index (χ2n) is 13.9. The van der Waals surface area contributed by atoms with E-state index in [1.807, 2.05) is 55.7 Å². The third kappa shape index (κ3) is 8.52. The lowest BCUT2D eigenvalue weighted by Gasteiger charge is -2.31. The zero-order chi connectivity index (χ0) is 33.6. The number of likely N-dealkylation sites (tertiary alicyclic amines) is 1. The van der Waals surface area contributed by atoms with Gasteiger partial charge in [-0.2, -0.15) is 0 Å². The smallest absolute Gasteiger partial charge is 0.329 e. The number of rotatable bonds is 13. The van der Waals surface area contributed by atoms with Gasteiger partial charge in [0, 0.05) is 19.4 Å². The first kappa shape index (κ1) is 34.4. The highest BCUT2D eigenvalue weighted by Gasteiger charge is 2.37. The number of imide groups is 1. The predicted molar refractivity (Wildman–Crippen MR) is 181 cm³/mol. The third-order valence-electron chi connectivity index (χ3n) is 9.28. The predicted octanol–water partition coefficient (Wildman–Crippen LogP) is 5.85. The number of methoxy groups -OCH3 is 1. The van der Waals surface area contributed by atoms with Gasteiger partial charge in [0.25, 0.3) is 5.91 Å². The first-order valence-electron chi connectivity index (χ1n) is 17.2. The molecule has 3 aromatic rings. The number of ether oxygens (including phenoxy) is 2. The van der Waals surface area contributed by atoms with Gasteiger partial charge >= 0.3 is 11.7 Å². The average molecular weight is 647 g/mol. The molecule has 0 saturated carbocycles. The lowest BCUT2D eigenvalue weighted by molar-refractivity contribution is -0.155. The van der Waals surface area contributed by atoms with Crippen LogP contribution in [0, 0.1) is 0 Å². The Morgan fingerprint density at radius 1 is 0.894 bits per heavy atom. The number of esters is 1. The maximum Gasteiger partial charge on any atom is 0.329 e. The van der Waals surface area contributed by atoms with Crippen molar-refractivity contribution in [3.8, 4) is 5.75 Å². The van der Waals surface area contributed by atoms with Crippen molar-refractivity contribution in [2.45, 2.75) is 116 Å². The normalized spacial score (nSPS) is 17.8. The van der Waals surface area contributed by atoms with Crippen molar-refractivity contribution in [2.75, 3.05) is 20.2 Å². The average Bonchev–Trinajstić information content (AvgIpc) is 3.32. The van der Waals surface area contributed by atoms with Crippen molar-refractivity contribution < 1.29 is 23.9 Å². The number of amides is 2. The molecule has 0 bridgehead atoms. The standard InChI is InChI=1S/C37H50N4O6/c1-37(2,3)47-34(43)10-8-6-5-7-9-23-39-32-24-28(27-19-21-38-22-20-27)13-16-30(32)41(36(39)45)31-17-18-33(42)40(35(31)44)25-26-11-14-29(46-4)15-12-26/h11-16,24,27,31,38H,5-10,17-23,25H2,1-4H3. The maximum absolute atomic E-state index is 14.2. The van der Waals surface area contributed by atoms with E-state index in [0.717, 1.165) is 74.6 Å². The molecule has 2 aromatic carbocycles. The van der Waals surface area contributed by atoms with Gasteiger partial charge in [-0.25, -0.2) is 4.79 Å². The van der Waals surface area contributed by atoms with Crippen LogP contribution in [0.2, 0.25) is 0 Å². The fraction of sp³-hybridized carbons (Fsp3) is 0.568. The van der Waals surface area contributed by atoms with Crippen LogP contribution < -0.4 is 15.7 Å². The number of piperidine rings is 2. The van der Waals surface area contributed by atoms with Crippen LogP contribution in [-0.4, -0.2) is 57.6 Å². The van der Waals surface area contributed by atoms with Crippen LogP contribution in [0.1, 0.15) is 108 Å². The summed E-state index contributed by atoms with van der Waals surface area (Å²) in [7, 11) is 1.59. The number of aryl methyl sites for hydroxylation is 1. The number of imidazole rings is 1. The Balaban J connectivity index is 1.34. The highest BCUT2D eigenvalue weighted by atomic mass is 16.6. The van der Waals surface area contributed by atoms with E-state index in [1.165, 1.54) is 10.5 Å². The molecule has 2 aliphatic heterocycles. The number of hydrogen-bond donors (Lipinski definition) is 1. The Morgan fingerprint density at radius 2 is 1.60 bits per heavy atom. The molecule has 1 atom stereocenters. The summed E-state index contributed by atoms with van der Waals surface area (Å²) in [6.45, 7) is 8.27. The molecule has 2 aliphatic rings. The highest BCUT2D eigenvalue weighted by molar-refractivity contribution is 6.00. The van der Waals surface area contributed by atoms with Crippen LogP contribution in [0.25, 0.3) is 11.0 Å². The Hall–Kier alpha value is -3.92. The molecule has 1 N–H and O–H groups in total. The Bertz CT molecular complexity index is 1610. The van der Waals surface area contributed by atoms with Crippen molar-refractivity contribution in [3.05, 3.63) is 64.1 Å². The minimum atomic E-state index is -0.750. The van der Waals surface area contributed by atoms with E-state index < -0.39 is 11.6 Å². The highest BCUT2D eigenvalue weighted by Crippen LogP contribution is 2.32. The van der Waals surface area contributed by atoms with E-state index >= 15 is 0 Å². The molecule has 254 valence electrons. The molecule has 0 spiro atoms. The van der Waals surface area contributed by atoms with Crippen molar-refractivity contribution in [2.24, 2.45) is 0 Å². The largest absolute Gasteiger partial charge is 0.497 e. The molecule has 10 nitrogen and oxygen atoms in total. The maximum atomic E-state index is 14.2. The summed E-state index contributed by atoms with van der Waals surface area (Å²) in [6, 6.07) is 12.8. The zero-order valence-corrected chi connectivity index (χ0v) is 28.4. The van der Waals surface area contributed by atoms with Gasteiger partial charge in [0.15, 0.2) is 0 Å². The number of hydrogen-bond acceptors (Lipinski definition) is 7. The molecule has 47 heavy (non-hydrogen) atoms. The van der Waals surface area contributed by atoms with Crippen molar-refractivity contribution in [3.63, 3.8) is 0 Å². The SMILES string of the molecule is COc1ccc(CN2C(=O)CCC(n3c(=O)n(CCCCCCCC(=O)OC(C)(C)C)c4cc(C5CCNCC5)ccc43)C2=O)cc1. The van der Waals surface area contributed by atoms with Crippen molar-refractivity contribution in [1.29, 1.82) is 0 Å². The molecule has 3 heterocycles. The minimum absolute atomic E-state index is 0.152. The first-order chi connectivity index (χ1) is 22.6. The summed E-state index contributed by atoms with van der Waals surface area (Å²) in [5, 5.41) is 3.43. The molecule has 10 heteroatoms. The van der Waals surface area contributed by atoms with Gasteiger partial charge in [-0.1, -0.05) is 37.5 Å². The number of carbonyl (C=O) groups excluding carboxylic acids is 3. The fourth-order valence-electron chi connectivity index (χ4n) is 6.83. The number of benzene rings is 2. The first-order valence-corrected chi connectivity index (χ1v) is 17.2. The van der Waals surface area contributed by atoms with Crippen LogP contribution in [0.15, 0.2) is 47.3 Å². The molecular weight excluding hydrogens is 596 g/mol. The summed E-state index contributed by atoms with van der Waals surface area (Å²) in [5.41, 5.74) is 2.96. The molecule has 2 saturated heterocycles. The number of nitrogens with zero attached hydrogens (tertiary/aromatic N) is 3. The summed E-state index contributed by atoms with van der Waals surface area (Å²) in [4.78, 5) is 54.4. The number of nitrogens with one attached hydrogen (secondary N) is 1. The zero-order valence-electron chi connectivity index (χ0n) is 28.4. The van der Waals surface area contributed by atoms with Gasteiger partial charge in [-0.3, -0.25) is 28.4 Å². The van der Waals surface area contributed by atoms with Crippen LogP contribution in [0.4, 0.5) is 0 Å². The molecule has 5 rings (SSSR count). The molecule has 0 radical (unpaired) electrons. The van der Waals surface area contributed by atoms with Gasteiger partial charge in [0.2, 0.25) is 5.91 Å².